The Labute approximate surface area is 175 Å². The first-order valence-electron chi connectivity index (χ1n) is 12.0. The van der Waals surface area contributed by atoms with Crippen LogP contribution < -0.4 is 16.1 Å². The molecular formula is C23H39N5O. The van der Waals surface area contributed by atoms with Gasteiger partial charge in [-0.1, -0.05) is 44.6 Å². The maximum Gasteiger partial charge on any atom is 0.254 e. The number of allylic oxidation sites excluding steroid dienone is 2. The molecule has 2 heterocycles. The van der Waals surface area contributed by atoms with Gasteiger partial charge in [0.05, 0.1) is 12.7 Å². The van der Waals surface area contributed by atoms with Gasteiger partial charge in [-0.2, -0.15) is 5.10 Å². The van der Waals surface area contributed by atoms with E-state index < -0.39 is 0 Å². The molecule has 0 aromatic carbocycles. The quantitative estimate of drug-likeness (QED) is 0.473. The Balaban J connectivity index is 1.29. The molecule has 0 aromatic rings. The van der Waals surface area contributed by atoms with E-state index in [1.165, 1.54) is 77.0 Å². The summed E-state index contributed by atoms with van der Waals surface area (Å²) >= 11 is 0. The van der Waals surface area contributed by atoms with Crippen molar-refractivity contribution in [3.8, 4) is 0 Å². The van der Waals surface area contributed by atoms with Crippen molar-refractivity contribution in [3.63, 3.8) is 0 Å². The molecule has 4 aliphatic rings. The van der Waals surface area contributed by atoms with Crippen LogP contribution in [0.15, 0.2) is 17.3 Å². The van der Waals surface area contributed by atoms with Gasteiger partial charge in [-0.05, 0) is 57.1 Å². The Bertz CT molecular complexity index is 580. The highest BCUT2D eigenvalue weighted by molar-refractivity contribution is 5.80. The van der Waals surface area contributed by atoms with E-state index in [0.29, 0.717) is 30.6 Å². The Morgan fingerprint density at radius 2 is 1.72 bits per heavy atom. The van der Waals surface area contributed by atoms with Crippen molar-refractivity contribution in [2.45, 2.75) is 101 Å². The lowest BCUT2D eigenvalue weighted by atomic mass is 9.89. The summed E-state index contributed by atoms with van der Waals surface area (Å²) in [5.41, 5.74) is 2.76. The van der Waals surface area contributed by atoms with Crippen molar-refractivity contribution in [1.82, 2.24) is 21.0 Å². The predicted molar refractivity (Wildman–Crippen MR) is 118 cm³/mol. The number of hydrazone groups is 1. The molecule has 0 bridgehead atoms. The number of fused-ring (bicyclic) bond motifs is 1. The minimum atomic E-state index is 0.00106. The fourth-order valence-corrected chi connectivity index (χ4v) is 5.82. The zero-order valence-electron chi connectivity index (χ0n) is 17.8. The number of hydrogen-bond donors (Lipinski definition) is 3. The molecule has 29 heavy (non-hydrogen) atoms. The molecule has 2 saturated carbocycles. The molecule has 4 rings (SSSR count). The van der Waals surface area contributed by atoms with Gasteiger partial charge in [-0.15, -0.1) is 0 Å². The standard InChI is InChI=1S/C23H39N5O/c29-22(27-25-16-8-11-18-9-2-1-3-10-18)17-28-21-14-5-4-12-19(21)26-23(28)20-13-6-7-15-24-20/h8,11,16,18-21,23-24,26H,1-7,9-10,12-15,17H2,(H,27,29)/b11-8+,25-16+. The normalized spacial score (nSPS) is 34.6. The van der Waals surface area contributed by atoms with E-state index in [4.69, 9.17) is 0 Å². The molecule has 2 aliphatic carbocycles. The van der Waals surface area contributed by atoms with Gasteiger partial charge in [-0.25, -0.2) is 5.43 Å². The van der Waals surface area contributed by atoms with E-state index in [1.807, 2.05) is 6.08 Å². The fourth-order valence-electron chi connectivity index (χ4n) is 5.82. The molecule has 0 radical (unpaired) electrons. The number of carbonyl (C=O) groups is 1. The van der Waals surface area contributed by atoms with Crippen molar-refractivity contribution in [2.24, 2.45) is 11.0 Å². The lowest BCUT2D eigenvalue weighted by molar-refractivity contribution is -0.123. The lowest BCUT2D eigenvalue weighted by Crippen LogP contribution is -2.56. The van der Waals surface area contributed by atoms with E-state index >= 15 is 0 Å². The van der Waals surface area contributed by atoms with Crippen LogP contribution in [0.3, 0.4) is 0 Å². The number of piperidine rings is 1. The van der Waals surface area contributed by atoms with Crippen LogP contribution in [0.5, 0.6) is 0 Å². The van der Waals surface area contributed by atoms with Crippen molar-refractivity contribution in [3.05, 3.63) is 12.2 Å². The maximum atomic E-state index is 12.6. The van der Waals surface area contributed by atoms with Gasteiger partial charge < -0.3 is 5.32 Å². The molecule has 1 amide bonds. The van der Waals surface area contributed by atoms with Crippen LogP contribution in [-0.4, -0.2) is 54.4 Å². The summed E-state index contributed by atoms with van der Waals surface area (Å²) in [6, 6.07) is 1.47. The molecule has 162 valence electrons. The largest absolute Gasteiger partial charge is 0.311 e. The van der Waals surface area contributed by atoms with E-state index in [-0.39, 0.29) is 12.1 Å². The van der Waals surface area contributed by atoms with Crippen LogP contribution in [0, 0.1) is 5.92 Å². The molecule has 2 aliphatic heterocycles. The zero-order chi connectivity index (χ0) is 19.9. The lowest BCUT2D eigenvalue weighted by Gasteiger charge is -2.36. The first-order valence-corrected chi connectivity index (χ1v) is 12.0. The number of nitrogens with zero attached hydrogens (tertiary/aromatic N) is 2. The third kappa shape index (κ3) is 5.68. The third-order valence-corrected chi connectivity index (χ3v) is 7.34. The Kier molecular flexibility index (Phi) is 7.74. The van der Waals surface area contributed by atoms with Crippen molar-refractivity contribution < 1.29 is 4.79 Å². The molecule has 2 saturated heterocycles. The number of hydrogen-bond acceptors (Lipinski definition) is 5. The molecular weight excluding hydrogens is 362 g/mol. The Morgan fingerprint density at radius 3 is 2.55 bits per heavy atom. The topological polar surface area (TPSA) is 68.8 Å². The zero-order valence-corrected chi connectivity index (χ0v) is 17.8. The van der Waals surface area contributed by atoms with Crippen LogP contribution in [0.4, 0.5) is 0 Å². The highest BCUT2D eigenvalue weighted by atomic mass is 16.2. The van der Waals surface area contributed by atoms with Crippen LogP contribution in [-0.2, 0) is 4.79 Å². The van der Waals surface area contributed by atoms with Gasteiger partial charge in [0.1, 0.15) is 0 Å². The summed E-state index contributed by atoms with van der Waals surface area (Å²) < 4.78 is 0. The number of rotatable bonds is 6. The smallest absolute Gasteiger partial charge is 0.254 e. The predicted octanol–water partition coefficient (Wildman–Crippen LogP) is 2.91. The number of amides is 1. The molecule has 4 fully saturated rings. The first-order chi connectivity index (χ1) is 14.3. The highest BCUT2D eigenvalue weighted by Gasteiger charge is 2.45. The third-order valence-electron chi connectivity index (χ3n) is 7.34. The first kappa shape index (κ1) is 21.0. The maximum absolute atomic E-state index is 12.6. The minimum Gasteiger partial charge on any atom is -0.311 e. The van der Waals surface area contributed by atoms with Gasteiger partial charge in [0, 0.05) is 24.3 Å². The van der Waals surface area contributed by atoms with Crippen LogP contribution in [0.1, 0.15) is 77.0 Å². The van der Waals surface area contributed by atoms with Crippen LogP contribution in [0.25, 0.3) is 0 Å². The van der Waals surface area contributed by atoms with Gasteiger partial charge in [0.15, 0.2) is 0 Å². The molecule has 4 unspecified atom stereocenters. The summed E-state index contributed by atoms with van der Waals surface area (Å²) in [6.45, 7) is 1.52. The Morgan fingerprint density at radius 1 is 0.966 bits per heavy atom. The summed E-state index contributed by atoms with van der Waals surface area (Å²) in [7, 11) is 0. The van der Waals surface area contributed by atoms with E-state index in [9.17, 15) is 4.79 Å². The van der Waals surface area contributed by atoms with E-state index in [1.54, 1.807) is 6.21 Å². The minimum absolute atomic E-state index is 0.00106. The summed E-state index contributed by atoms with van der Waals surface area (Å²) in [6.07, 6.45) is 21.6. The van der Waals surface area contributed by atoms with E-state index in [0.717, 1.165) is 6.54 Å². The average molecular weight is 402 g/mol. The molecule has 0 aromatic heterocycles. The summed E-state index contributed by atoms with van der Waals surface area (Å²) in [4.78, 5) is 15.1. The van der Waals surface area contributed by atoms with Crippen LogP contribution >= 0.6 is 0 Å². The molecule has 3 N–H and O–H groups in total. The second kappa shape index (κ2) is 10.7. The van der Waals surface area contributed by atoms with Gasteiger partial charge in [-0.3, -0.25) is 15.0 Å². The molecule has 0 spiro atoms. The second-order valence-corrected chi connectivity index (χ2v) is 9.39. The Hall–Kier alpha value is -1.24. The van der Waals surface area contributed by atoms with Crippen molar-refractivity contribution in [1.29, 1.82) is 0 Å². The number of nitrogens with one attached hydrogen (secondary N) is 3. The van der Waals surface area contributed by atoms with Gasteiger partial charge >= 0.3 is 0 Å². The van der Waals surface area contributed by atoms with Gasteiger partial charge in [0.25, 0.3) is 5.91 Å². The summed E-state index contributed by atoms with van der Waals surface area (Å²) in [5, 5.41) is 11.7. The molecule has 4 atom stereocenters. The van der Waals surface area contributed by atoms with Crippen molar-refractivity contribution in [2.75, 3.05) is 13.1 Å². The number of carbonyl (C=O) groups excluding carboxylic acids is 1. The fraction of sp³-hybridized carbons (Fsp3) is 0.826. The summed E-state index contributed by atoms with van der Waals surface area (Å²) in [5.74, 6) is 0.690. The monoisotopic (exact) mass is 401 g/mol. The molecule has 6 nitrogen and oxygen atoms in total. The SMILES string of the molecule is O=C(CN1C2CCCCC2NC1C1CCCCN1)N/N=C/C=C/C1CCCCC1. The average Bonchev–Trinajstić information content (AvgIpc) is 3.13. The second-order valence-electron chi connectivity index (χ2n) is 9.39. The van der Waals surface area contributed by atoms with E-state index in [2.05, 4.69) is 32.1 Å². The van der Waals surface area contributed by atoms with Gasteiger partial charge in [0.2, 0.25) is 0 Å². The molecule has 6 heteroatoms. The highest BCUT2D eigenvalue weighted by Crippen LogP contribution is 2.32. The van der Waals surface area contributed by atoms with Crippen molar-refractivity contribution >= 4 is 12.1 Å². The van der Waals surface area contributed by atoms with Crippen LogP contribution in [0.2, 0.25) is 0 Å².